The molecule has 1 aliphatic rings. The molecule has 3 aromatic rings. The van der Waals surface area contributed by atoms with Crippen molar-refractivity contribution in [2.24, 2.45) is 5.92 Å². The number of nitrogens with zero attached hydrogens (tertiary/aromatic N) is 3. The second kappa shape index (κ2) is 12.7. The molecule has 1 unspecified atom stereocenters. The fourth-order valence-corrected chi connectivity index (χ4v) is 5.10. The predicted octanol–water partition coefficient (Wildman–Crippen LogP) is 4.78. The summed E-state index contributed by atoms with van der Waals surface area (Å²) in [5.74, 6) is -0.559. The first kappa shape index (κ1) is 27.4. The molecule has 2 atom stereocenters. The fourth-order valence-electron chi connectivity index (χ4n) is 5.10. The maximum atomic E-state index is 13.8. The predicted molar refractivity (Wildman–Crippen MR) is 149 cm³/mol. The standard InChI is InChI=1S/C30H38N4O4/c1-4-38-28(35)19-26(22-11-10-12-23(18-22)33-15-8-5-9-16-33)32-29(36)27(17-21(2)3)34-20-31-25-14-7-6-13-24(25)30(34)37/h6-7,10-14,18,20-21,26-27H,4-5,8-9,15-17,19H2,1-3H3,(H,32,36)/t26?,27-/m0/s1. The second-order valence-electron chi connectivity index (χ2n) is 10.3. The molecule has 8 heteroatoms. The van der Waals surface area contributed by atoms with Gasteiger partial charge in [-0.15, -0.1) is 0 Å². The lowest BCUT2D eigenvalue weighted by molar-refractivity contribution is -0.144. The number of ether oxygens (including phenoxy) is 1. The normalized spacial score (nSPS) is 15.3. The number of rotatable bonds is 10. The van der Waals surface area contributed by atoms with Gasteiger partial charge in [0.2, 0.25) is 5.91 Å². The quantitative estimate of drug-likeness (QED) is 0.388. The largest absolute Gasteiger partial charge is 0.466 e. The minimum Gasteiger partial charge on any atom is -0.466 e. The number of benzene rings is 2. The van der Waals surface area contributed by atoms with Crippen LogP contribution in [0, 0.1) is 5.92 Å². The van der Waals surface area contributed by atoms with Crippen LogP contribution in [0.1, 0.15) is 70.5 Å². The average molecular weight is 519 g/mol. The van der Waals surface area contributed by atoms with Gasteiger partial charge in [-0.2, -0.15) is 0 Å². The molecule has 1 amide bonds. The van der Waals surface area contributed by atoms with Gasteiger partial charge in [0.25, 0.3) is 5.56 Å². The third kappa shape index (κ3) is 6.60. The Morgan fingerprint density at radius 3 is 2.55 bits per heavy atom. The summed E-state index contributed by atoms with van der Waals surface area (Å²) in [6.07, 6.45) is 5.44. The molecule has 0 saturated carbocycles. The molecule has 202 valence electrons. The summed E-state index contributed by atoms with van der Waals surface area (Å²) in [5, 5.41) is 3.55. The molecule has 1 saturated heterocycles. The summed E-state index contributed by atoms with van der Waals surface area (Å²) < 4.78 is 6.65. The monoisotopic (exact) mass is 518 g/mol. The number of piperidine rings is 1. The van der Waals surface area contributed by atoms with Crippen molar-refractivity contribution in [1.29, 1.82) is 0 Å². The molecule has 0 bridgehead atoms. The van der Waals surface area contributed by atoms with Crippen LogP contribution in [0.2, 0.25) is 0 Å². The Kier molecular flexibility index (Phi) is 9.15. The van der Waals surface area contributed by atoms with Gasteiger partial charge >= 0.3 is 5.97 Å². The summed E-state index contributed by atoms with van der Waals surface area (Å²) in [4.78, 5) is 46.5. The zero-order valence-electron chi connectivity index (χ0n) is 22.6. The number of carbonyl (C=O) groups is 2. The molecular formula is C30H38N4O4. The van der Waals surface area contributed by atoms with E-state index in [0.717, 1.165) is 37.2 Å². The van der Waals surface area contributed by atoms with E-state index in [1.807, 2.05) is 32.0 Å². The number of para-hydroxylation sites is 1. The minimum atomic E-state index is -0.769. The van der Waals surface area contributed by atoms with Crippen LogP contribution >= 0.6 is 0 Å². The molecule has 1 aliphatic heterocycles. The van der Waals surface area contributed by atoms with Crippen LogP contribution in [0.3, 0.4) is 0 Å². The zero-order chi connectivity index (χ0) is 27.1. The van der Waals surface area contributed by atoms with E-state index in [0.29, 0.717) is 17.3 Å². The van der Waals surface area contributed by atoms with Gasteiger partial charge in [-0.05, 0) is 68.4 Å². The Morgan fingerprint density at radius 1 is 1.05 bits per heavy atom. The number of anilines is 1. The van der Waals surface area contributed by atoms with E-state index in [1.165, 1.54) is 17.3 Å². The van der Waals surface area contributed by atoms with Crippen LogP contribution in [-0.2, 0) is 14.3 Å². The topological polar surface area (TPSA) is 93.5 Å². The Labute approximate surface area is 224 Å². The summed E-state index contributed by atoms with van der Waals surface area (Å²) in [6.45, 7) is 8.04. The number of hydrogen-bond donors (Lipinski definition) is 1. The van der Waals surface area contributed by atoms with Gasteiger partial charge in [-0.1, -0.05) is 38.1 Å². The van der Waals surface area contributed by atoms with Crippen LogP contribution in [0.15, 0.2) is 59.7 Å². The molecule has 2 aromatic carbocycles. The summed E-state index contributed by atoms with van der Waals surface area (Å²) in [5.41, 5.74) is 2.25. The van der Waals surface area contributed by atoms with Gasteiger partial charge in [0.15, 0.2) is 0 Å². The molecular weight excluding hydrogens is 480 g/mol. The number of fused-ring (bicyclic) bond motifs is 1. The molecule has 8 nitrogen and oxygen atoms in total. The molecule has 1 N–H and O–H groups in total. The van der Waals surface area contributed by atoms with Crippen molar-refractivity contribution < 1.29 is 14.3 Å². The van der Waals surface area contributed by atoms with Crippen LogP contribution in [-0.4, -0.2) is 41.1 Å². The van der Waals surface area contributed by atoms with Gasteiger partial charge in [-0.3, -0.25) is 19.0 Å². The van der Waals surface area contributed by atoms with Gasteiger partial charge < -0.3 is 15.0 Å². The maximum absolute atomic E-state index is 13.8. The van der Waals surface area contributed by atoms with Crippen LogP contribution < -0.4 is 15.8 Å². The number of amides is 1. The third-order valence-corrected chi connectivity index (χ3v) is 7.01. The first-order valence-electron chi connectivity index (χ1n) is 13.6. The van der Waals surface area contributed by atoms with Crippen LogP contribution in [0.25, 0.3) is 10.9 Å². The Morgan fingerprint density at radius 2 is 1.82 bits per heavy atom. The summed E-state index contributed by atoms with van der Waals surface area (Å²) in [6, 6.07) is 13.8. The van der Waals surface area contributed by atoms with Crippen molar-refractivity contribution in [3.8, 4) is 0 Å². The van der Waals surface area contributed by atoms with Gasteiger partial charge in [0.1, 0.15) is 6.04 Å². The van der Waals surface area contributed by atoms with E-state index < -0.39 is 12.1 Å². The Balaban J connectivity index is 1.66. The van der Waals surface area contributed by atoms with E-state index >= 15 is 0 Å². The SMILES string of the molecule is CCOC(=O)CC(NC(=O)[C@H](CC(C)C)n1cnc2ccccc2c1=O)c1cccc(N2CCCCC2)c1. The van der Waals surface area contributed by atoms with Crippen molar-refractivity contribution >= 4 is 28.5 Å². The van der Waals surface area contributed by atoms with Gasteiger partial charge in [0, 0.05) is 18.8 Å². The Hall–Kier alpha value is -3.68. The second-order valence-corrected chi connectivity index (χ2v) is 10.3. The highest BCUT2D eigenvalue weighted by molar-refractivity contribution is 5.83. The molecule has 0 spiro atoms. The van der Waals surface area contributed by atoms with Crippen molar-refractivity contribution in [1.82, 2.24) is 14.9 Å². The van der Waals surface area contributed by atoms with Crippen LogP contribution in [0.5, 0.6) is 0 Å². The molecule has 1 aromatic heterocycles. The smallest absolute Gasteiger partial charge is 0.308 e. The van der Waals surface area contributed by atoms with Crippen molar-refractivity contribution in [2.75, 3.05) is 24.6 Å². The third-order valence-electron chi connectivity index (χ3n) is 7.01. The number of nitrogens with one attached hydrogen (secondary N) is 1. The lowest BCUT2D eigenvalue weighted by atomic mass is 9.99. The van der Waals surface area contributed by atoms with E-state index in [9.17, 15) is 14.4 Å². The minimum absolute atomic E-state index is 0.00228. The highest BCUT2D eigenvalue weighted by atomic mass is 16.5. The maximum Gasteiger partial charge on any atom is 0.308 e. The summed E-state index contributed by atoms with van der Waals surface area (Å²) >= 11 is 0. The molecule has 0 radical (unpaired) electrons. The number of aromatic nitrogens is 2. The number of esters is 1. The molecule has 4 rings (SSSR count). The van der Waals surface area contributed by atoms with Crippen molar-refractivity contribution in [3.05, 3.63) is 70.8 Å². The highest BCUT2D eigenvalue weighted by Gasteiger charge is 2.28. The molecule has 2 heterocycles. The van der Waals surface area contributed by atoms with E-state index in [4.69, 9.17) is 4.74 Å². The summed E-state index contributed by atoms with van der Waals surface area (Å²) in [7, 11) is 0. The van der Waals surface area contributed by atoms with E-state index in [2.05, 4.69) is 27.3 Å². The lowest BCUT2D eigenvalue weighted by Gasteiger charge is -2.30. The Bertz CT molecular complexity index is 1310. The zero-order valence-corrected chi connectivity index (χ0v) is 22.6. The average Bonchev–Trinajstić information content (AvgIpc) is 2.92. The molecule has 38 heavy (non-hydrogen) atoms. The van der Waals surface area contributed by atoms with Crippen molar-refractivity contribution in [2.45, 2.75) is 65.0 Å². The van der Waals surface area contributed by atoms with E-state index in [1.54, 1.807) is 25.1 Å². The van der Waals surface area contributed by atoms with Gasteiger partial charge in [0.05, 0.1) is 36.3 Å². The molecule has 1 fully saturated rings. The number of carbonyl (C=O) groups excluding carboxylic acids is 2. The van der Waals surface area contributed by atoms with Gasteiger partial charge in [-0.25, -0.2) is 4.98 Å². The van der Waals surface area contributed by atoms with Crippen molar-refractivity contribution in [3.63, 3.8) is 0 Å². The highest BCUT2D eigenvalue weighted by Crippen LogP contribution is 2.27. The molecule has 0 aliphatic carbocycles. The lowest BCUT2D eigenvalue weighted by Crippen LogP contribution is -2.40. The number of hydrogen-bond acceptors (Lipinski definition) is 6. The van der Waals surface area contributed by atoms with Crippen LogP contribution in [0.4, 0.5) is 5.69 Å². The fraction of sp³-hybridized carbons (Fsp3) is 0.467. The first-order valence-corrected chi connectivity index (χ1v) is 13.6. The first-order chi connectivity index (χ1) is 18.4. The van der Waals surface area contributed by atoms with E-state index in [-0.39, 0.29) is 36.4 Å².